The van der Waals surface area contributed by atoms with E-state index in [1.54, 1.807) is 6.08 Å². The van der Waals surface area contributed by atoms with Crippen LogP contribution in [-0.2, 0) is 0 Å². The zero-order valence-electron chi connectivity index (χ0n) is 5.14. The molecule has 0 aromatic carbocycles. The predicted molar refractivity (Wildman–Crippen MR) is 38.2 cm³/mol. The monoisotopic (exact) mass is 108 g/mol. The summed E-state index contributed by atoms with van der Waals surface area (Å²) in [5.74, 6) is 0. The molecule has 0 aliphatic rings. The molecule has 0 N–H and O–H groups in total. The summed E-state index contributed by atoms with van der Waals surface area (Å²) in [5, 5.41) is 0. The smallest absolute Gasteiger partial charge is 0.0313 e. The van der Waals surface area contributed by atoms with E-state index in [2.05, 4.69) is 19.9 Å². The van der Waals surface area contributed by atoms with E-state index < -0.39 is 0 Å². The normalized spacial score (nSPS) is 11.8. The zero-order chi connectivity index (χ0) is 6.24. The first kappa shape index (κ1) is 7.48. The van der Waals surface area contributed by atoms with Crippen LogP contribution in [0.5, 0.6) is 0 Å². The fraction of sp³-hybridized carbons (Fsp3) is 0.250. The standard InChI is InChI=1S/C8H12/c1-3-5-7-8-6-4-2/h3,5,7-8H,1-2,4,6H2. The van der Waals surface area contributed by atoms with Crippen LogP contribution in [0, 0.1) is 13.8 Å². The van der Waals surface area contributed by atoms with Crippen LogP contribution in [0.1, 0.15) is 12.8 Å². The van der Waals surface area contributed by atoms with Gasteiger partial charge in [0.05, 0.1) is 0 Å². The van der Waals surface area contributed by atoms with E-state index in [4.69, 9.17) is 0 Å². The quantitative estimate of drug-likeness (QED) is 0.487. The fourth-order valence-electron chi connectivity index (χ4n) is 0.371. The van der Waals surface area contributed by atoms with Crippen molar-refractivity contribution in [3.05, 3.63) is 38.2 Å². The summed E-state index contributed by atoms with van der Waals surface area (Å²) in [6.45, 7) is 7.23. The maximum Gasteiger partial charge on any atom is -0.0313 e. The third-order valence-electron chi connectivity index (χ3n) is 0.754. The lowest BCUT2D eigenvalue weighted by Gasteiger charge is -1.78. The minimum Gasteiger partial charge on any atom is -0.0845 e. The van der Waals surface area contributed by atoms with Gasteiger partial charge >= 0.3 is 0 Å². The number of hydrogen-bond donors (Lipinski definition) is 0. The average molecular weight is 108 g/mol. The Bertz CT molecular complexity index is 78.0. The second-order valence-electron chi connectivity index (χ2n) is 1.50. The lowest BCUT2D eigenvalue weighted by Crippen LogP contribution is -1.58. The van der Waals surface area contributed by atoms with Gasteiger partial charge in [0.1, 0.15) is 0 Å². The summed E-state index contributed by atoms with van der Waals surface area (Å²) in [7, 11) is 0. The first-order valence-electron chi connectivity index (χ1n) is 2.82. The third kappa shape index (κ3) is 5.48. The Morgan fingerprint density at radius 3 is 2.50 bits per heavy atom. The van der Waals surface area contributed by atoms with Crippen molar-refractivity contribution >= 4 is 0 Å². The van der Waals surface area contributed by atoms with Crippen LogP contribution >= 0.6 is 0 Å². The van der Waals surface area contributed by atoms with Crippen LogP contribution in [0.3, 0.4) is 0 Å². The molecule has 8 heavy (non-hydrogen) atoms. The first-order chi connectivity index (χ1) is 3.91. The molecule has 44 valence electrons. The molecule has 0 amide bonds. The molecule has 0 aromatic heterocycles. The Hall–Kier alpha value is -0.520. The Balaban J connectivity index is 3.07. The topological polar surface area (TPSA) is 0 Å². The zero-order valence-corrected chi connectivity index (χ0v) is 5.14. The molecule has 0 aliphatic carbocycles. The molecule has 0 atom stereocenters. The molecule has 0 saturated heterocycles. The van der Waals surface area contributed by atoms with Gasteiger partial charge in [-0.25, -0.2) is 0 Å². The van der Waals surface area contributed by atoms with Crippen molar-refractivity contribution in [2.75, 3.05) is 0 Å². The summed E-state index contributed by atoms with van der Waals surface area (Å²) < 4.78 is 0. The van der Waals surface area contributed by atoms with Gasteiger partial charge in [-0.15, -0.1) is 0 Å². The minimum atomic E-state index is 0.974. The van der Waals surface area contributed by atoms with Gasteiger partial charge in [-0.1, -0.05) is 31.2 Å². The van der Waals surface area contributed by atoms with E-state index in [1.807, 2.05) is 12.2 Å². The van der Waals surface area contributed by atoms with E-state index in [1.165, 1.54) is 0 Å². The number of allylic oxidation sites excluding steroid dienone is 4. The van der Waals surface area contributed by atoms with Gasteiger partial charge < -0.3 is 0 Å². The highest BCUT2D eigenvalue weighted by Crippen LogP contribution is 1.87. The van der Waals surface area contributed by atoms with Crippen molar-refractivity contribution in [1.29, 1.82) is 0 Å². The summed E-state index contributed by atoms with van der Waals surface area (Å²) in [6, 6.07) is 0. The molecule has 0 spiro atoms. The molecule has 0 heteroatoms. The van der Waals surface area contributed by atoms with Gasteiger partial charge in [0, 0.05) is 0 Å². The second-order valence-corrected chi connectivity index (χ2v) is 1.50. The molecule has 0 fully saturated rings. The molecule has 0 saturated carbocycles. The van der Waals surface area contributed by atoms with E-state index in [0.717, 1.165) is 12.8 Å². The molecule has 0 bridgehead atoms. The molecule has 0 aromatic rings. The molecule has 0 aliphatic heterocycles. The van der Waals surface area contributed by atoms with Crippen molar-refractivity contribution in [1.82, 2.24) is 0 Å². The molecular weight excluding hydrogens is 96.1 g/mol. The number of unbranched alkanes of at least 4 members (excludes halogenated alkanes) is 1. The molecule has 2 radical (unpaired) electrons. The lowest BCUT2D eigenvalue weighted by atomic mass is 10.3. The van der Waals surface area contributed by atoms with E-state index in [9.17, 15) is 0 Å². The summed E-state index contributed by atoms with van der Waals surface area (Å²) in [6.07, 6.45) is 9.77. The van der Waals surface area contributed by atoms with Crippen molar-refractivity contribution < 1.29 is 0 Å². The fourth-order valence-corrected chi connectivity index (χ4v) is 0.371. The molecule has 0 nitrogen and oxygen atoms in total. The van der Waals surface area contributed by atoms with Gasteiger partial charge in [-0.05, 0) is 19.8 Å². The first-order valence-corrected chi connectivity index (χ1v) is 2.82. The van der Waals surface area contributed by atoms with Crippen molar-refractivity contribution in [2.24, 2.45) is 0 Å². The number of rotatable bonds is 3. The van der Waals surface area contributed by atoms with Crippen LogP contribution < -0.4 is 0 Å². The Kier molecular flexibility index (Phi) is 6.06. The lowest BCUT2D eigenvalue weighted by molar-refractivity contribution is 1.05. The molecular formula is C8H12. The van der Waals surface area contributed by atoms with Gasteiger partial charge in [-0.2, -0.15) is 0 Å². The second kappa shape index (κ2) is 6.48. The van der Waals surface area contributed by atoms with Crippen LogP contribution in [-0.4, -0.2) is 0 Å². The van der Waals surface area contributed by atoms with E-state index in [-0.39, 0.29) is 0 Å². The van der Waals surface area contributed by atoms with Gasteiger partial charge in [-0.3, -0.25) is 0 Å². The SMILES string of the molecule is [CH2]C=CC=CCC[CH2]. The highest BCUT2D eigenvalue weighted by molar-refractivity contribution is 5.03. The van der Waals surface area contributed by atoms with E-state index in [0.29, 0.717) is 0 Å². The van der Waals surface area contributed by atoms with E-state index >= 15 is 0 Å². The molecule has 0 heterocycles. The minimum absolute atomic E-state index is 0.974. The Morgan fingerprint density at radius 1 is 1.25 bits per heavy atom. The van der Waals surface area contributed by atoms with Crippen LogP contribution in [0.4, 0.5) is 0 Å². The van der Waals surface area contributed by atoms with Gasteiger partial charge in [0.2, 0.25) is 0 Å². The maximum absolute atomic E-state index is 3.69. The average Bonchev–Trinajstić information content (AvgIpc) is 1.81. The van der Waals surface area contributed by atoms with Crippen molar-refractivity contribution in [3.63, 3.8) is 0 Å². The van der Waals surface area contributed by atoms with Crippen LogP contribution in [0.2, 0.25) is 0 Å². The van der Waals surface area contributed by atoms with Crippen molar-refractivity contribution in [2.45, 2.75) is 12.8 Å². The van der Waals surface area contributed by atoms with Crippen LogP contribution in [0.25, 0.3) is 0 Å². The Labute approximate surface area is 51.9 Å². The molecule has 0 unspecified atom stereocenters. The summed E-state index contributed by atoms with van der Waals surface area (Å²) in [5.41, 5.74) is 0. The van der Waals surface area contributed by atoms with Gasteiger partial charge in [0.15, 0.2) is 0 Å². The number of hydrogen-bond acceptors (Lipinski definition) is 0. The maximum atomic E-state index is 3.69. The summed E-state index contributed by atoms with van der Waals surface area (Å²) in [4.78, 5) is 0. The van der Waals surface area contributed by atoms with Crippen molar-refractivity contribution in [3.8, 4) is 0 Å². The molecule has 0 rings (SSSR count). The Morgan fingerprint density at radius 2 is 2.00 bits per heavy atom. The summed E-state index contributed by atoms with van der Waals surface area (Å²) >= 11 is 0. The highest BCUT2D eigenvalue weighted by atomic mass is 13.7. The predicted octanol–water partition coefficient (Wildman–Crippen LogP) is 2.55. The van der Waals surface area contributed by atoms with Gasteiger partial charge in [0.25, 0.3) is 0 Å². The van der Waals surface area contributed by atoms with Crippen LogP contribution in [0.15, 0.2) is 24.3 Å². The highest BCUT2D eigenvalue weighted by Gasteiger charge is 1.67. The third-order valence-corrected chi connectivity index (χ3v) is 0.754. The largest absolute Gasteiger partial charge is 0.0845 e.